The van der Waals surface area contributed by atoms with E-state index in [1.165, 1.54) is 12.8 Å². The van der Waals surface area contributed by atoms with Crippen LogP contribution in [0.5, 0.6) is 0 Å². The molecule has 1 saturated carbocycles. The molecule has 1 atom stereocenters. The van der Waals surface area contributed by atoms with Gasteiger partial charge < -0.3 is 10.1 Å². The van der Waals surface area contributed by atoms with Gasteiger partial charge in [0, 0.05) is 12.1 Å². The predicted octanol–water partition coefficient (Wildman–Crippen LogP) is 4.06. The molecular formula is C19H27NO3. The molecule has 23 heavy (non-hydrogen) atoms. The van der Waals surface area contributed by atoms with E-state index in [2.05, 4.69) is 5.32 Å². The molecule has 0 heterocycles. The first-order valence-corrected chi connectivity index (χ1v) is 8.45. The summed E-state index contributed by atoms with van der Waals surface area (Å²) in [6, 6.07) is 4.05. The SMILES string of the molecule is Cc1cc(C)c(NC(=O)[C@@H](C)OC(=O)CC2CCCC2)c(C)c1. The molecule has 1 aliphatic carbocycles. The minimum absolute atomic E-state index is 0.267. The molecule has 0 aliphatic heterocycles. The van der Waals surface area contributed by atoms with Gasteiger partial charge in [0.2, 0.25) is 0 Å². The number of anilines is 1. The van der Waals surface area contributed by atoms with Crippen LogP contribution in [0.1, 0.15) is 55.7 Å². The Labute approximate surface area is 138 Å². The molecule has 1 fully saturated rings. The molecule has 0 saturated heterocycles. The smallest absolute Gasteiger partial charge is 0.306 e. The summed E-state index contributed by atoms with van der Waals surface area (Å²) in [4.78, 5) is 24.2. The molecule has 2 rings (SSSR count). The van der Waals surface area contributed by atoms with Gasteiger partial charge >= 0.3 is 5.97 Å². The van der Waals surface area contributed by atoms with E-state index in [0.717, 1.165) is 35.2 Å². The Morgan fingerprint density at radius 1 is 1.17 bits per heavy atom. The molecule has 0 unspecified atom stereocenters. The topological polar surface area (TPSA) is 55.4 Å². The van der Waals surface area contributed by atoms with Crippen molar-refractivity contribution in [2.24, 2.45) is 5.92 Å². The quantitative estimate of drug-likeness (QED) is 0.833. The molecule has 1 N–H and O–H groups in total. The minimum Gasteiger partial charge on any atom is -0.453 e. The number of carbonyl (C=O) groups is 2. The number of hydrogen-bond donors (Lipinski definition) is 1. The average Bonchev–Trinajstić information content (AvgIpc) is 2.95. The summed E-state index contributed by atoms with van der Waals surface area (Å²) in [7, 11) is 0. The fourth-order valence-corrected chi connectivity index (χ4v) is 3.35. The molecule has 1 aromatic carbocycles. The standard InChI is InChI=1S/C19H27NO3/c1-12-9-13(2)18(14(3)10-12)20-19(22)15(4)23-17(21)11-16-7-5-6-8-16/h9-10,15-16H,5-8,11H2,1-4H3,(H,20,22)/t15-/m1/s1. The number of carbonyl (C=O) groups excluding carboxylic acids is 2. The normalized spacial score (nSPS) is 16.2. The van der Waals surface area contributed by atoms with Crippen LogP contribution in [0.4, 0.5) is 5.69 Å². The maximum Gasteiger partial charge on any atom is 0.306 e. The van der Waals surface area contributed by atoms with Crippen LogP contribution in [-0.4, -0.2) is 18.0 Å². The van der Waals surface area contributed by atoms with Crippen LogP contribution in [0.3, 0.4) is 0 Å². The number of aryl methyl sites for hydroxylation is 3. The number of rotatable bonds is 5. The minimum atomic E-state index is -0.774. The fraction of sp³-hybridized carbons (Fsp3) is 0.579. The van der Waals surface area contributed by atoms with E-state index >= 15 is 0 Å². The third-order valence-electron chi connectivity index (χ3n) is 4.53. The van der Waals surface area contributed by atoms with E-state index in [1.807, 2.05) is 32.9 Å². The zero-order valence-corrected chi connectivity index (χ0v) is 14.6. The Bertz CT molecular complexity index is 565. The van der Waals surface area contributed by atoms with Crippen molar-refractivity contribution in [3.05, 3.63) is 28.8 Å². The molecule has 4 nitrogen and oxygen atoms in total. The summed E-state index contributed by atoms with van der Waals surface area (Å²) >= 11 is 0. The second kappa shape index (κ2) is 7.62. The second-order valence-electron chi connectivity index (χ2n) is 6.75. The lowest BCUT2D eigenvalue weighted by molar-refractivity contribution is -0.154. The van der Waals surface area contributed by atoms with Crippen LogP contribution in [0.15, 0.2) is 12.1 Å². The highest BCUT2D eigenvalue weighted by Gasteiger charge is 2.23. The van der Waals surface area contributed by atoms with Gasteiger partial charge in [-0.3, -0.25) is 9.59 Å². The van der Waals surface area contributed by atoms with E-state index in [9.17, 15) is 9.59 Å². The van der Waals surface area contributed by atoms with Crippen molar-refractivity contribution in [2.75, 3.05) is 5.32 Å². The van der Waals surface area contributed by atoms with Crippen molar-refractivity contribution < 1.29 is 14.3 Å². The highest BCUT2D eigenvalue weighted by molar-refractivity contribution is 5.96. The summed E-state index contributed by atoms with van der Waals surface area (Å²) in [5.41, 5.74) is 3.99. The predicted molar refractivity (Wildman–Crippen MR) is 91.4 cm³/mol. The summed E-state index contributed by atoms with van der Waals surface area (Å²) < 4.78 is 5.30. The van der Waals surface area contributed by atoms with Gasteiger partial charge in [0.1, 0.15) is 0 Å². The van der Waals surface area contributed by atoms with Crippen molar-refractivity contribution in [1.82, 2.24) is 0 Å². The molecule has 0 radical (unpaired) electrons. The van der Waals surface area contributed by atoms with Gasteiger partial charge in [0.05, 0.1) is 0 Å². The maximum atomic E-state index is 12.3. The molecule has 1 aliphatic rings. The van der Waals surface area contributed by atoms with Gasteiger partial charge in [0.15, 0.2) is 6.10 Å². The number of amides is 1. The van der Waals surface area contributed by atoms with Crippen molar-refractivity contribution in [2.45, 2.75) is 65.9 Å². The largest absolute Gasteiger partial charge is 0.453 e. The lowest BCUT2D eigenvalue weighted by atomic mass is 10.0. The molecule has 0 bridgehead atoms. The van der Waals surface area contributed by atoms with E-state index in [-0.39, 0.29) is 11.9 Å². The van der Waals surface area contributed by atoms with Gasteiger partial charge in [-0.25, -0.2) is 0 Å². The zero-order chi connectivity index (χ0) is 17.0. The maximum absolute atomic E-state index is 12.3. The van der Waals surface area contributed by atoms with Crippen LogP contribution in [0.2, 0.25) is 0 Å². The average molecular weight is 317 g/mol. The Balaban J connectivity index is 1.91. The van der Waals surface area contributed by atoms with Gasteiger partial charge in [-0.05, 0) is 57.6 Å². The molecular weight excluding hydrogens is 290 g/mol. The third-order valence-corrected chi connectivity index (χ3v) is 4.53. The molecule has 126 valence electrons. The van der Waals surface area contributed by atoms with Crippen molar-refractivity contribution >= 4 is 17.6 Å². The first kappa shape index (κ1) is 17.5. The Morgan fingerprint density at radius 2 is 1.74 bits per heavy atom. The first-order valence-electron chi connectivity index (χ1n) is 8.45. The summed E-state index contributed by atoms with van der Waals surface area (Å²) in [6.07, 6.45) is 4.23. The van der Waals surface area contributed by atoms with E-state index in [4.69, 9.17) is 4.74 Å². The molecule has 1 aromatic rings. The molecule has 0 aromatic heterocycles. The summed E-state index contributed by atoms with van der Waals surface area (Å²) in [5, 5.41) is 2.89. The lowest BCUT2D eigenvalue weighted by Crippen LogP contribution is -2.31. The fourth-order valence-electron chi connectivity index (χ4n) is 3.35. The highest BCUT2D eigenvalue weighted by Crippen LogP contribution is 2.28. The van der Waals surface area contributed by atoms with E-state index in [1.54, 1.807) is 6.92 Å². The third kappa shape index (κ3) is 4.81. The van der Waals surface area contributed by atoms with E-state index < -0.39 is 6.10 Å². The summed E-state index contributed by atoms with van der Waals surface area (Å²) in [6.45, 7) is 7.58. The number of benzene rings is 1. The van der Waals surface area contributed by atoms with Crippen LogP contribution >= 0.6 is 0 Å². The van der Waals surface area contributed by atoms with Gasteiger partial charge in [0.25, 0.3) is 5.91 Å². The Morgan fingerprint density at radius 3 is 2.30 bits per heavy atom. The number of hydrogen-bond acceptors (Lipinski definition) is 3. The van der Waals surface area contributed by atoms with Crippen molar-refractivity contribution in [3.8, 4) is 0 Å². The molecule has 0 spiro atoms. The van der Waals surface area contributed by atoms with Crippen LogP contribution in [0, 0.1) is 26.7 Å². The number of ether oxygens (including phenoxy) is 1. The van der Waals surface area contributed by atoms with Gasteiger partial charge in [-0.2, -0.15) is 0 Å². The van der Waals surface area contributed by atoms with Gasteiger partial charge in [-0.15, -0.1) is 0 Å². The van der Waals surface area contributed by atoms with Crippen molar-refractivity contribution in [3.63, 3.8) is 0 Å². The van der Waals surface area contributed by atoms with Crippen LogP contribution in [0.25, 0.3) is 0 Å². The number of nitrogens with one attached hydrogen (secondary N) is 1. The monoisotopic (exact) mass is 317 g/mol. The van der Waals surface area contributed by atoms with Gasteiger partial charge in [-0.1, -0.05) is 30.5 Å². The highest BCUT2D eigenvalue weighted by atomic mass is 16.5. The van der Waals surface area contributed by atoms with Crippen LogP contribution < -0.4 is 5.32 Å². The first-order chi connectivity index (χ1) is 10.9. The number of esters is 1. The lowest BCUT2D eigenvalue weighted by Gasteiger charge is -2.17. The van der Waals surface area contributed by atoms with E-state index in [0.29, 0.717) is 12.3 Å². The van der Waals surface area contributed by atoms with Crippen LogP contribution in [-0.2, 0) is 14.3 Å². The van der Waals surface area contributed by atoms with Crippen molar-refractivity contribution in [1.29, 1.82) is 0 Å². The Hall–Kier alpha value is -1.84. The summed E-state index contributed by atoms with van der Waals surface area (Å²) in [5.74, 6) is -0.115. The Kier molecular flexibility index (Phi) is 5.80. The zero-order valence-electron chi connectivity index (χ0n) is 14.6. The second-order valence-corrected chi connectivity index (χ2v) is 6.75. The molecule has 1 amide bonds. The molecule has 4 heteroatoms.